The number of para-hydroxylation sites is 1. The van der Waals surface area contributed by atoms with E-state index < -0.39 is 12.2 Å². The quantitative estimate of drug-likeness (QED) is 0.815. The van der Waals surface area contributed by atoms with Crippen molar-refractivity contribution in [1.82, 2.24) is 5.48 Å². The molecule has 0 spiro atoms. The van der Waals surface area contributed by atoms with Crippen LogP contribution in [0.25, 0.3) is 0 Å². The van der Waals surface area contributed by atoms with Gasteiger partial charge in [0.25, 0.3) is 11.8 Å². The zero-order valence-electron chi connectivity index (χ0n) is 13.0. The summed E-state index contributed by atoms with van der Waals surface area (Å²) in [5, 5.41) is 4.58. The zero-order chi connectivity index (χ0) is 16.8. The number of ether oxygens (including phenoxy) is 1. The van der Waals surface area contributed by atoms with Crippen LogP contribution in [0, 0.1) is 0 Å². The third kappa shape index (κ3) is 4.19. The molecule has 1 unspecified atom stereocenters. The van der Waals surface area contributed by atoms with E-state index in [4.69, 9.17) is 9.57 Å². The topological polar surface area (TPSA) is 76.7 Å². The Morgan fingerprint density at radius 2 is 2.00 bits per heavy atom. The normalized spacial score (nSPS) is 17.2. The predicted octanol–water partition coefficient (Wildman–Crippen LogP) is 3.19. The molecule has 2 N–H and O–H groups in total. The van der Waals surface area contributed by atoms with Crippen molar-refractivity contribution in [2.45, 2.75) is 25.6 Å². The first-order valence-corrected chi connectivity index (χ1v) is 8.63. The minimum absolute atomic E-state index is 0.248. The molecule has 1 atom stereocenters. The average molecular weight is 346 g/mol. The molecule has 7 heteroatoms. The lowest BCUT2D eigenvalue weighted by Gasteiger charge is -2.22. The van der Waals surface area contributed by atoms with Gasteiger partial charge in [-0.15, -0.1) is 11.3 Å². The van der Waals surface area contributed by atoms with Crippen molar-refractivity contribution in [2.24, 2.45) is 0 Å². The predicted molar refractivity (Wildman–Crippen MR) is 90.9 cm³/mol. The summed E-state index contributed by atoms with van der Waals surface area (Å²) in [6.45, 7) is 0.633. The Kier molecular flexibility index (Phi) is 5.58. The van der Waals surface area contributed by atoms with Crippen LogP contribution in [0.4, 0.5) is 5.69 Å². The van der Waals surface area contributed by atoms with E-state index in [0.29, 0.717) is 22.7 Å². The molecule has 0 bridgehead atoms. The van der Waals surface area contributed by atoms with Crippen LogP contribution in [0.2, 0.25) is 0 Å². The lowest BCUT2D eigenvalue weighted by Crippen LogP contribution is -2.33. The highest BCUT2D eigenvalue weighted by Gasteiger charge is 2.18. The Bertz CT molecular complexity index is 696. The van der Waals surface area contributed by atoms with Crippen LogP contribution in [0.3, 0.4) is 0 Å². The molecule has 24 heavy (non-hydrogen) atoms. The number of hydrogen-bond acceptors (Lipinski definition) is 5. The molecule has 1 aromatic heterocycles. The second-order valence-electron chi connectivity index (χ2n) is 5.32. The molecule has 3 rings (SSSR count). The molecule has 1 aliphatic heterocycles. The number of thiophene rings is 1. The number of hydroxylamine groups is 1. The Morgan fingerprint density at radius 3 is 2.75 bits per heavy atom. The zero-order valence-corrected chi connectivity index (χ0v) is 13.8. The van der Waals surface area contributed by atoms with Gasteiger partial charge in [0.2, 0.25) is 0 Å². The van der Waals surface area contributed by atoms with Crippen LogP contribution in [0.15, 0.2) is 41.8 Å². The average Bonchev–Trinajstić information content (AvgIpc) is 3.16. The first kappa shape index (κ1) is 16.6. The van der Waals surface area contributed by atoms with E-state index in [1.807, 2.05) is 5.38 Å². The van der Waals surface area contributed by atoms with Crippen LogP contribution in [0.5, 0.6) is 0 Å². The second-order valence-corrected chi connectivity index (χ2v) is 6.27. The van der Waals surface area contributed by atoms with Crippen LogP contribution in [-0.4, -0.2) is 24.7 Å². The molecular formula is C17H18N2O4S. The van der Waals surface area contributed by atoms with Crippen LogP contribution in [-0.2, 0) is 9.57 Å². The first-order valence-electron chi connectivity index (χ1n) is 7.75. The first-order chi connectivity index (χ1) is 11.7. The lowest BCUT2D eigenvalue weighted by molar-refractivity contribution is -0.186. The number of carbonyl (C=O) groups excluding carboxylic acids is 2. The Balaban J connectivity index is 1.64. The van der Waals surface area contributed by atoms with Crippen molar-refractivity contribution in [3.8, 4) is 0 Å². The molecule has 0 aliphatic carbocycles. The van der Waals surface area contributed by atoms with Gasteiger partial charge in [0.15, 0.2) is 6.29 Å². The fraction of sp³-hybridized carbons (Fsp3) is 0.294. The molecule has 2 amide bonds. The van der Waals surface area contributed by atoms with E-state index in [2.05, 4.69) is 10.8 Å². The molecule has 1 aliphatic rings. The molecule has 1 saturated heterocycles. The van der Waals surface area contributed by atoms with Crippen LogP contribution in [0.1, 0.15) is 39.3 Å². The van der Waals surface area contributed by atoms with Gasteiger partial charge in [-0.2, -0.15) is 0 Å². The maximum Gasteiger partial charge on any atom is 0.277 e. The summed E-state index contributed by atoms with van der Waals surface area (Å²) in [6.07, 6.45) is 2.34. The van der Waals surface area contributed by atoms with Crippen molar-refractivity contribution in [2.75, 3.05) is 11.9 Å². The molecule has 1 aromatic carbocycles. The number of amides is 2. The van der Waals surface area contributed by atoms with Crippen LogP contribution < -0.4 is 10.8 Å². The van der Waals surface area contributed by atoms with Crippen molar-refractivity contribution in [1.29, 1.82) is 0 Å². The monoisotopic (exact) mass is 346 g/mol. The summed E-state index contributed by atoms with van der Waals surface area (Å²) in [6, 6.07) is 10.3. The highest BCUT2D eigenvalue weighted by Crippen LogP contribution is 2.18. The van der Waals surface area contributed by atoms with Gasteiger partial charge in [0.05, 0.1) is 16.1 Å². The Labute approximate surface area is 143 Å². The van der Waals surface area contributed by atoms with Gasteiger partial charge in [-0.25, -0.2) is 10.3 Å². The molecule has 0 saturated carbocycles. The van der Waals surface area contributed by atoms with E-state index in [0.717, 1.165) is 19.3 Å². The van der Waals surface area contributed by atoms with Gasteiger partial charge >= 0.3 is 0 Å². The SMILES string of the molecule is O=C(Nc1ccccc1C(=O)NOC1CCCCO1)c1cccs1. The molecule has 1 fully saturated rings. The maximum atomic E-state index is 12.3. The standard InChI is InChI=1S/C17H18N2O4S/c20-16(19-23-15-9-3-4-10-22-15)12-6-1-2-7-13(12)18-17(21)14-8-5-11-24-14/h1-2,5-8,11,15H,3-4,9-10H2,(H,18,21)(H,19,20). The highest BCUT2D eigenvalue weighted by molar-refractivity contribution is 7.12. The van der Waals surface area contributed by atoms with Crippen molar-refractivity contribution in [3.63, 3.8) is 0 Å². The van der Waals surface area contributed by atoms with Gasteiger partial charge in [-0.05, 0) is 36.4 Å². The number of nitrogens with one attached hydrogen (secondary N) is 2. The number of rotatable bonds is 5. The fourth-order valence-corrected chi connectivity index (χ4v) is 2.98. The number of anilines is 1. The lowest BCUT2D eigenvalue weighted by atomic mass is 10.1. The third-order valence-electron chi connectivity index (χ3n) is 3.59. The molecule has 2 heterocycles. The number of carbonyl (C=O) groups is 2. The molecule has 2 aromatic rings. The highest BCUT2D eigenvalue weighted by atomic mass is 32.1. The van der Waals surface area contributed by atoms with Crippen molar-refractivity contribution >= 4 is 28.8 Å². The number of hydrogen-bond donors (Lipinski definition) is 2. The smallest absolute Gasteiger partial charge is 0.277 e. The summed E-state index contributed by atoms with van der Waals surface area (Å²) < 4.78 is 5.40. The third-order valence-corrected chi connectivity index (χ3v) is 4.45. The summed E-state index contributed by atoms with van der Waals surface area (Å²) >= 11 is 1.34. The van der Waals surface area contributed by atoms with Crippen LogP contribution >= 0.6 is 11.3 Å². The van der Waals surface area contributed by atoms with E-state index in [1.165, 1.54) is 11.3 Å². The van der Waals surface area contributed by atoms with Crippen molar-refractivity contribution < 1.29 is 19.2 Å². The van der Waals surface area contributed by atoms with E-state index in [-0.39, 0.29) is 5.91 Å². The van der Waals surface area contributed by atoms with E-state index in [9.17, 15) is 9.59 Å². The van der Waals surface area contributed by atoms with E-state index >= 15 is 0 Å². The Hall–Kier alpha value is -2.22. The van der Waals surface area contributed by atoms with Gasteiger partial charge < -0.3 is 10.1 Å². The molecule has 126 valence electrons. The second kappa shape index (κ2) is 8.05. The Morgan fingerprint density at radius 1 is 1.12 bits per heavy atom. The number of benzene rings is 1. The molecule has 6 nitrogen and oxygen atoms in total. The van der Waals surface area contributed by atoms with Crippen molar-refractivity contribution in [3.05, 3.63) is 52.2 Å². The summed E-state index contributed by atoms with van der Waals surface area (Å²) in [4.78, 5) is 30.4. The minimum Gasteiger partial charge on any atom is -0.350 e. The largest absolute Gasteiger partial charge is 0.350 e. The summed E-state index contributed by atoms with van der Waals surface area (Å²) in [5.74, 6) is -0.673. The van der Waals surface area contributed by atoms with E-state index in [1.54, 1.807) is 36.4 Å². The van der Waals surface area contributed by atoms with Gasteiger partial charge in [-0.3, -0.25) is 9.59 Å². The van der Waals surface area contributed by atoms with Gasteiger partial charge in [-0.1, -0.05) is 18.2 Å². The summed E-state index contributed by atoms with van der Waals surface area (Å²) in [5.41, 5.74) is 3.17. The molecular weight excluding hydrogens is 328 g/mol. The molecule has 0 radical (unpaired) electrons. The minimum atomic E-state index is -0.425. The fourth-order valence-electron chi connectivity index (χ4n) is 2.36. The summed E-state index contributed by atoms with van der Waals surface area (Å²) in [7, 11) is 0. The van der Waals surface area contributed by atoms with Gasteiger partial charge in [0.1, 0.15) is 0 Å². The maximum absolute atomic E-state index is 12.3. The van der Waals surface area contributed by atoms with Gasteiger partial charge in [0, 0.05) is 13.0 Å².